The Morgan fingerprint density at radius 2 is 2.14 bits per heavy atom. The number of benzene rings is 1. The summed E-state index contributed by atoms with van der Waals surface area (Å²) in [6.45, 7) is 6.49. The summed E-state index contributed by atoms with van der Waals surface area (Å²) in [6, 6.07) is 5.62. The van der Waals surface area contributed by atoms with Crippen LogP contribution < -0.4 is 5.32 Å². The fourth-order valence-electron chi connectivity index (χ4n) is 2.38. The van der Waals surface area contributed by atoms with Crippen molar-refractivity contribution in [2.45, 2.75) is 33.4 Å². The molecule has 1 atom stereocenters. The molecule has 22 heavy (non-hydrogen) atoms. The molecule has 0 spiro atoms. The first-order valence-corrected chi connectivity index (χ1v) is 7.02. The molecule has 0 saturated carbocycles. The predicted octanol–water partition coefficient (Wildman–Crippen LogP) is 2.61. The van der Waals surface area contributed by atoms with E-state index in [1.807, 2.05) is 25.5 Å². The normalized spacial score (nSPS) is 12.0. The van der Waals surface area contributed by atoms with Crippen molar-refractivity contribution in [3.05, 3.63) is 57.4 Å². The van der Waals surface area contributed by atoms with Crippen LogP contribution in [0.5, 0.6) is 0 Å². The number of aromatic nitrogens is 2. The maximum atomic E-state index is 12.3. The number of nitrogens with one attached hydrogen (secondary N) is 1. The van der Waals surface area contributed by atoms with E-state index in [2.05, 4.69) is 10.4 Å². The van der Waals surface area contributed by atoms with Crippen LogP contribution in [-0.4, -0.2) is 20.6 Å². The molecule has 0 fully saturated rings. The maximum Gasteiger partial charge on any atom is 0.282 e. The van der Waals surface area contributed by atoms with Gasteiger partial charge in [0.2, 0.25) is 0 Å². The lowest BCUT2D eigenvalue weighted by atomic mass is 10.1. The number of nitro groups is 1. The van der Waals surface area contributed by atoms with Crippen LogP contribution in [0.4, 0.5) is 5.69 Å². The quantitative estimate of drug-likeness (QED) is 0.679. The standard InChI is InChI=1S/C15H18N4O3/c1-4-18-11(3)13(9-16-18)10(2)17-15(20)12-7-5-6-8-14(12)19(21)22/h5-10H,4H2,1-3H3,(H,17,20). The van der Waals surface area contributed by atoms with E-state index in [4.69, 9.17) is 0 Å². The molecule has 1 amide bonds. The Balaban J connectivity index is 2.22. The number of nitro benzene ring substituents is 1. The Morgan fingerprint density at radius 1 is 1.45 bits per heavy atom. The molecule has 0 bridgehead atoms. The number of carbonyl (C=O) groups is 1. The van der Waals surface area contributed by atoms with E-state index in [9.17, 15) is 14.9 Å². The lowest BCUT2D eigenvalue weighted by molar-refractivity contribution is -0.385. The van der Waals surface area contributed by atoms with Gasteiger partial charge in [-0.3, -0.25) is 19.6 Å². The zero-order chi connectivity index (χ0) is 16.3. The van der Waals surface area contributed by atoms with Gasteiger partial charge in [0.15, 0.2) is 0 Å². The predicted molar refractivity (Wildman–Crippen MR) is 81.6 cm³/mol. The molecule has 2 aromatic rings. The smallest absolute Gasteiger partial charge is 0.282 e. The van der Waals surface area contributed by atoms with E-state index in [1.165, 1.54) is 18.2 Å². The minimum atomic E-state index is -0.556. The highest BCUT2D eigenvalue weighted by Crippen LogP contribution is 2.21. The molecular weight excluding hydrogens is 284 g/mol. The summed E-state index contributed by atoms with van der Waals surface area (Å²) < 4.78 is 1.84. The number of nitrogens with zero attached hydrogens (tertiary/aromatic N) is 3. The molecule has 0 radical (unpaired) electrons. The number of hydrogen-bond acceptors (Lipinski definition) is 4. The fraction of sp³-hybridized carbons (Fsp3) is 0.333. The van der Waals surface area contributed by atoms with Crippen LogP contribution in [0.1, 0.15) is 41.5 Å². The maximum absolute atomic E-state index is 12.3. The number of hydrogen-bond donors (Lipinski definition) is 1. The minimum absolute atomic E-state index is 0.0555. The van der Waals surface area contributed by atoms with E-state index < -0.39 is 10.8 Å². The van der Waals surface area contributed by atoms with Crippen LogP contribution in [-0.2, 0) is 6.54 Å². The van der Waals surface area contributed by atoms with Crippen molar-refractivity contribution in [1.82, 2.24) is 15.1 Å². The summed E-state index contributed by atoms with van der Waals surface area (Å²) in [5, 5.41) is 18.0. The molecule has 1 heterocycles. The van der Waals surface area contributed by atoms with Crippen LogP contribution >= 0.6 is 0 Å². The number of carbonyl (C=O) groups excluding carboxylic acids is 1. The molecule has 116 valence electrons. The summed E-state index contributed by atoms with van der Waals surface area (Å²) in [4.78, 5) is 22.7. The second-order valence-electron chi connectivity index (χ2n) is 4.97. The SMILES string of the molecule is CCn1ncc(C(C)NC(=O)c2ccccc2[N+](=O)[O-])c1C. The third kappa shape index (κ3) is 2.98. The molecule has 7 nitrogen and oxygen atoms in total. The van der Waals surface area contributed by atoms with Gasteiger partial charge in [0.25, 0.3) is 11.6 Å². The first-order chi connectivity index (χ1) is 10.5. The van der Waals surface area contributed by atoms with Gasteiger partial charge in [-0.2, -0.15) is 5.10 Å². The monoisotopic (exact) mass is 302 g/mol. The Labute approximate surface area is 128 Å². The molecule has 7 heteroatoms. The highest BCUT2D eigenvalue weighted by Gasteiger charge is 2.22. The Hall–Kier alpha value is -2.70. The van der Waals surface area contributed by atoms with E-state index in [1.54, 1.807) is 12.3 Å². The zero-order valence-electron chi connectivity index (χ0n) is 12.7. The average Bonchev–Trinajstić information content (AvgIpc) is 2.88. The molecule has 0 aliphatic carbocycles. The summed E-state index contributed by atoms with van der Waals surface area (Å²) in [6.07, 6.45) is 1.71. The molecule has 1 aromatic carbocycles. The molecular formula is C15H18N4O3. The topological polar surface area (TPSA) is 90.1 Å². The number of aryl methyl sites for hydroxylation is 1. The van der Waals surface area contributed by atoms with Gasteiger partial charge in [0, 0.05) is 23.9 Å². The van der Waals surface area contributed by atoms with Crippen LogP contribution in [0.2, 0.25) is 0 Å². The van der Waals surface area contributed by atoms with Gasteiger partial charge in [0.05, 0.1) is 17.2 Å². The number of para-hydroxylation sites is 1. The van der Waals surface area contributed by atoms with Gasteiger partial charge < -0.3 is 5.32 Å². The van der Waals surface area contributed by atoms with Crippen molar-refractivity contribution in [2.24, 2.45) is 0 Å². The van der Waals surface area contributed by atoms with Crippen molar-refractivity contribution in [2.75, 3.05) is 0 Å². The van der Waals surface area contributed by atoms with Crippen LogP contribution in [0.15, 0.2) is 30.5 Å². The summed E-state index contributed by atoms with van der Waals surface area (Å²) >= 11 is 0. The van der Waals surface area contributed by atoms with Gasteiger partial charge in [-0.1, -0.05) is 12.1 Å². The van der Waals surface area contributed by atoms with Crippen molar-refractivity contribution in [3.8, 4) is 0 Å². The van der Waals surface area contributed by atoms with Crippen molar-refractivity contribution in [1.29, 1.82) is 0 Å². The first-order valence-electron chi connectivity index (χ1n) is 7.02. The molecule has 1 N–H and O–H groups in total. The summed E-state index contributed by atoms with van der Waals surface area (Å²) in [7, 11) is 0. The highest BCUT2D eigenvalue weighted by atomic mass is 16.6. The molecule has 1 unspecified atom stereocenters. The minimum Gasteiger partial charge on any atom is -0.345 e. The molecule has 2 rings (SSSR count). The van der Waals surface area contributed by atoms with Gasteiger partial charge >= 0.3 is 0 Å². The van der Waals surface area contributed by atoms with Gasteiger partial charge in [-0.25, -0.2) is 0 Å². The summed E-state index contributed by atoms with van der Waals surface area (Å²) in [5.41, 5.74) is 1.72. The number of rotatable bonds is 5. The molecule has 0 aliphatic heterocycles. The molecule has 0 saturated heterocycles. The number of amides is 1. The van der Waals surface area contributed by atoms with Crippen LogP contribution in [0, 0.1) is 17.0 Å². The largest absolute Gasteiger partial charge is 0.345 e. The van der Waals surface area contributed by atoms with Crippen LogP contribution in [0.25, 0.3) is 0 Å². The van der Waals surface area contributed by atoms with E-state index in [-0.39, 0.29) is 17.3 Å². The third-order valence-corrected chi connectivity index (χ3v) is 3.60. The van der Waals surface area contributed by atoms with E-state index in [0.717, 1.165) is 17.8 Å². The van der Waals surface area contributed by atoms with Crippen LogP contribution in [0.3, 0.4) is 0 Å². The average molecular weight is 302 g/mol. The zero-order valence-corrected chi connectivity index (χ0v) is 12.7. The van der Waals surface area contributed by atoms with E-state index >= 15 is 0 Å². The fourth-order valence-corrected chi connectivity index (χ4v) is 2.38. The van der Waals surface area contributed by atoms with Gasteiger partial charge in [0.1, 0.15) is 5.56 Å². The molecule has 0 aliphatic rings. The highest BCUT2D eigenvalue weighted by molar-refractivity contribution is 5.98. The Morgan fingerprint density at radius 3 is 2.73 bits per heavy atom. The van der Waals surface area contributed by atoms with Crippen molar-refractivity contribution < 1.29 is 9.72 Å². The second kappa shape index (κ2) is 6.38. The third-order valence-electron chi connectivity index (χ3n) is 3.60. The van der Waals surface area contributed by atoms with Crippen molar-refractivity contribution >= 4 is 11.6 Å². The van der Waals surface area contributed by atoms with Gasteiger partial charge in [-0.15, -0.1) is 0 Å². The second-order valence-corrected chi connectivity index (χ2v) is 4.97. The first kappa shape index (κ1) is 15.7. The van der Waals surface area contributed by atoms with Gasteiger partial charge in [-0.05, 0) is 26.8 Å². The Bertz CT molecular complexity index is 709. The molecule has 1 aromatic heterocycles. The lowest BCUT2D eigenvalue weighted by Gasteiger charge is -2.14. The van der Waals surface area contributed by atoms with Crippen molar-refractivity contribution in [3.63, 3.8) is 0 Å². The van der Waals surface area contributed by atoms with E-state index in [0.29, 0.717) is 0 Å². The Kier molecular flexibility index (Phi) is 4.55. The summed E-state index contributed by atoms with van der Waals surface area (Å²) in [5.74, 6) is -0.469. The lowest BCUT2D eigenvalue weighted by Crippen LogP contribution is -2.27.